The van der Waals surface area contributed by atoms with Gasteiger partial charge in [0.1, 0.15) is 0 Å². The SMILES string of the molecule is O=C(Nc1ccn(Cc2ccccc2)n1)c1cccc(Cl)c1Cl. The normalized spacial score (nSPS) is 10.5. The van der Waals surface area contributed by atoms with Gasteiger partial charge in [-0.15, -0.1) is 0 Å². The number of carbonyl (C=O) groups is 1. The van der Waals surface area contributed by atoms with Gasteiger partial charge in [-0.2, -0.15) is 5.10 Å². The van der Waals surface area contributed by atoms with E-state index in [0.717, 1.165) is 5.56 Å². The van der Waals surface area contributed by atoms with Crippen LogP contribution >= 0.6 is 23.2 Å². The lowest BCUT2D eigenvalue weighted by Crippen LogP contribution is -2.13. The average molecular weight is 346 g/mol. The lowest BCUT2D eigenvalue weighted by molar-refractivity contribution is 0.102. The number of aromatic nitrogens is 2. The molecule has 1 N–H and O–H groups in total. The molecule has 0 fully saturated rings. The van der Waals surface area contributed by atoms with E-state index in [-0.39, 0.29) is 10.9 Å². The van der Waals surface area contributed by atoms with Crippen LogP contribution in [0.25, 0.3) is 0 Å². The highest BCUT2D eigenvalue weighted by Crippen LogP contribution is 2.26. The van der Waals surface area contributed by atoms with Crippen molar-refractivity contribution in [2.45, 2.75) is 6.54 Å². The van der Waals surface area contributed by atoms with Crippen molar-refractivity contribution in [3.05, 3.63) is 82.0 Å². The number of anilines is 1. The highest BCUT2D eigenvalue weighted by atomic mass is 35.5. The molecule has 6 heteroatoms. The minimum atomic E-state index is -0.345. The van der Waals surface area contributed by atoms with Crippen molar-refractivity contribution in [2.75, 3.05) is 5.32 Å². The maximum atomic E-state index is 12.3. The second-order valence-electron chi connectivity index (χ2n) is 4.94. The summed E-state index contributed by atoms with van der Waals surface area (Å²) in [7, 11) is 0. The first-order valence-corrected chi connectivity index (χ1v) is 7.72. The van der Waals surface area contributed by atoms with Crippen LogP contribution in [0.5, 0.6) is 0 Å². The summed E-state index contributed by atoms with van der Waals surface area (Å²) in [5, 5.41) is 7.62. The van der Waals surface area contributed by atoms with Crippen molar-refractivity contribution in [3.8, 4) is 0 Å². The molecule has 0 aliphatic rings. The standard InChI is InChI=1S/C17H13Cl2N3O/c18-14-8-4-7-13(16(14)19)17(23)20-15-9-10-22(21-15)11-12-5-2-1-3-6-12/h1-10H,11H2,(H,20,21,23). The van der Waals surface area contributed by atoms with Crippen molar-refractivity contribution >= 4 is 34.9 Å². The third-order valence-electron chi connectivity index (χ3n) is 3.27. The van der Waals surface area contributed by atoms with Gasteiger partial charge in [-0.1, -0.05) is 59.6 Å². The van der Waals surface area contributed by atoms with Crippen LogP contribution < -0.4 is 5.32 Å². The van der Waals surface area contributed by atoms with Gasteiger partial charge in [-0.3, -0.25) is 9.48 Å². The predicted molar refractivity (Wildman–Crippen MR) is 92.2 cm³/mol. The van der Waals surface area contributed by atoms with Gasteiger partial charge >= 0.3 is 0 Å². The van der Waals surface area contributed by atoms with Crippen LogP contribution in [0, 0.1) is 0 Å². The zero-order valence-electron chi connectivity index (χ0n) is 12.0. The molecule has 1 heterocycles. The molecule has 2 aromatic carbocycles. The number of halogens is 2. The van der Waals surface area contributed by atoms with Gasteiger partial charge in [0, 0.05) is 12.3 Å². The van der Waals surface area contributed by atoms with Gasteiger partial charge < -0.3 is 5.32 Å². The van der Waals surface area contributed by atoms with E-state index in [4.69, 9.17) is 23.2 Å². The number of nitrogens with zero attached hydrogens (tertiary/aromatic N) is 2. The molecular weight excluding hydrogens is 333 g/mol. The van der Waals surface area contributed by atoms with Crippen molar-refractivity contribution in [3.63, 3.8) is 0 Å². The number of carbonyl (C=O) groups excluding carboxylic acids is 1. The smallest absolute Gasteiger partial charge is 0.258 e. The van der Waals surface area contributed by atoms with Crippen molar-refractivity contribution in [1.29, 1.82) is 0 Å². The van der Waals surface area contributed by atoms with Crippen molar-refractivity contribution < 1.29 is 4.79 Å². The molecule has 0 aliphatic heterocycles. The van der Waals surface area contributed by atoms with Gasteiger partial charge in [0.2, 0.25) is 0 Å². The fourth-order valence-corrected chi connectivity index (χ4v) is 2.54. The van der Waals surface area contributed by atoms with E-state index in [2.05, 4.69) is 10.4 Å². The minimum Gasteiger partial charge on any atom is -0.305 e. The largest absolute Gasteiger partial charge is 0.305 e. The Kier molecular flexibility index (Phi) is 4.65. The number of hydrogen-bond donors (Lipinski definition) is 1. The van der Waals surface area contributed by atoms with E-state index in [1.807, 2.05) is 36.5 Å². The van der Waals surface area contributed by atoms with Crippen LogP contribution in [0.3, 0.4) is 0 Å². The van der Waals surface area contributed by atoms with Crippen LogP contribution in [0.2, 0.25) is 10.0 Å². The topological polar surface area (TPSA) is 46.9 Å². The molecule has 1 aromatic heterocycles. The molecule has 3 rings (SSSR count). The first kappa shape index (κ1) is 15.6. The van der Waals surface area contributed by atoms with E-state index >= 15 is 0 Å². The number of amides is 1. The Bertz CT molecular complexity index is 831. The van der Waals surface area contributed by atoms with E-state index in [1.165, 1.54) is 0 Å². The van der Waals surface area contributed by atoms with E-state index in [0.29, 0.717) is 22.9 Å². The summed E-state index contributed by atoms with van der Waals surface area (Å²) in [5.41, 5.74) is 1.45. The van der Waals surface area contributed by atoms with Crippen LogP contribution in [-0.4, -0.2) is 15.7 Å². The van der Waals surface area contributed by atoms with Gasteiger partial charge in [-0.25, -0.2) is 0 Å². The maximum Gasteiger partial charge on any atom is 0.258 e. The summed E-state index contributed by atoms with van der Waals surface area (Å²) in [5.74, 6) is 0.115. The molecule has 116 valence electrons. The number of hydrogen-bond acceptors (Lipinski definition) is 2. The Hall–Kier alpha value is -2.30. The zero-order valence-corrected chi connectivity index (χ0v) is 13.6. The summed E-state index contributed by atoms with van der Waals surface area (Å²) in [6.45, 7) is 0.634. The second-order valence-corrected chi connectivity index (χ2v) is 5.72. The molecule has 4 nitrogen and oxygen atoms in total. The Labute approximate surface area is 143 Å². The van der Waals surface area contributed by atoms with Crippen LogP contribution in [0.4, 0.5) is 5.82 Å². The lowest BCUT2D eigenvalue weighted by atomic mass is 10.2. The molecule has 0 spiro atoms. The lowest BCUT2D eigenvalue weighted by Gasteiger charge is -2.05. The van der Waals surface area contributed by atoms with E-state index in [9.17, 15) is 4.79 Å². The average Bonchev–Trinajstić information content (AvgIpc) is 2.98. The van der Waals surface area contributed by atoms with Crippen LogP contribution in [0.1, 0.15) is 15.9 Å². The Balaban J connectivity index is 1.71. The molecule has 0 atom stereocenters. The molecule has 0 saturated carbocycles. The third-order valence-corrected chi connectivity index (χ3v) is 4.08. The molecule has 23 heavy (non-hydrogen) atoms. The molecule has 0 saturated heterocycles. The van der Waals surface area contributed by atoms with Crippen LogP contribution in [-0.2, 0) is 6.54 Å². The molecule has 0 unspecified atom stereocenters. The quantitative estimate of drug-likeness (QED) is 0.757. The molecule has 0 bridgehead atoms. The highest BCUT2D eigenvalue weighted by Gasteiger charge is 2.13. The third kappa shape index (κ3) is 3.73. The first-order chi connectivity index (χ1) is 11.1. The zero-order chi connectivity index (χ0) is 16.2. The fourth-order valence-electron chi connectivity index (χ4n) is 2.15. The maximum absolute atomic E-state index is 12.3. The minimum absolute atomic E-state index is 0.232. The molecule has 1 amide bonds. The van der Waals surface area contributed by atoms with E-state index in [1.54, 1.807) is 28.9 Å². The van der Waals surface area contributed by atoms with Gasteiger partial charge in [0.05, 0.1) is 22.2 Å². The summed E-state index contributed by atoms with van der Waals surface area (Å²) in [6, 6.07) is 16.6. The Morgan fingerprint density at radius 1 is 1.04 bits per heavy atom. The number of nitrogens with one attached hydrogen (secondary N) is 1. The van der Waals surface area contributed by atoms with Gasteiger partial charge in [0.15, 0.2) is 5.82 Å². The Morgan fingerprint density at radius 3 is 2.61 bits per heavy atom. The molecular formula is C17H13Cl2N3O. The Morgan fingerprint density at radius 2 is 1.83 bits per heavy atom. The van der Waals surface area contributed by atoms with Crippen LogP contribution in [0.15, 0.2) is 60.8 Å². The summed E-state index contributed by atoms with van der Waals surface area (Å²) >= 11 is 12.0. The van der Waals surface area contributed by atoms with Crippen molar-refractivity contribution in [1.82, 2.24) is 9.78 Å². The monoisotopic (exact) mass is 345 g/mol. The van der Waals surface area contributed by atoms with Gasteiger partial charge in [-0.05, 0) is 17.7 Å². The number of rotatable bonds is 4. The summed E-state index contributed by atoms with van der Waals surface area (Å²) in [6.07, 6.45) is 1.81. The van der Waals surface area contributed by atoms with E-state index < -0.39 is 0 Å². The van der Waals surface area contributed by atoms with Gasteiger partial charge in [0.25, 0.3) is 5.91 Å². The molecule has 3 aromatic rings. The second kappa shape index (κ2) is 6.86. The first-order valence-electron chi connectivity index (χ1n) is 6.96. The highest BCUT2D eigenvalue weighted by molar-refractivity contribution is 6.44. The predicted octanol–water partition coefficient (Wildman–Crippen LogP) is 4.49. The summed E-state index contributed by atoms with van der Waals surface area (Å²) in [4.78, 5) is 12.3. The van der Waals surface area contributed by atoms with Crippen molar-refractivity contribution in [2.24, 2.45) is 0 Å². The molecule has 0 aliphatic carbocycles. The fraction of sp³-hybridized carbons (Fsp3) is 0.0588. The number of benzene rings is 2. The summed E-state index contributed by atoms with van der Waals surface area (Å²) < 4.78 is 1.75. The molecule has 0 radical (unpaired) electrons.